The number of hydrogen-bond donors (Lipinski definition) is 1. The molecule has 5 nitrogen and oxygen atoms in total. The normalized spacial score (nSPS) is 19.0. The molecule has 2 atom stereocenters. The van der Waals surface area contributed by atoms with Crippen LogP contribution in [0.15, 0.2) is 54.7 Å². The molecule has 1 fully saturated rings. The number of thiocarbonyl (C=S) groups is 1. The summed E-state index contributed by atoms with van der Waals surface area (Å²) in [6.07, 6.45) is 1.83. The standard InChI is InChI=1S/C22H24N4OS/c1-14-13-16(15(2)25(14)3)21-20(17-9-7-8-12-23-17)24-22(28)26(21)18-10-5-6-11-19(18)27-4/h5-13,20-21H,1-4H3,(H,24,28)/t20-,21-/m1/s1. The SMILES string of the molecule is COc1ccccc1N1C(=S)N[C@H](c2ccccn2)[C@H]1c1cc(C)n(C)c1C. The quantitative estimate of drug-likeness (QED) is 0.673. The molecule has 0 spiro atoms. The van der Waals surface area contributed by atoms with Crippen LogP contribution in [0, 0.1) is 13.8 Å². The van der Waals surface area contributed by atoms with E-state index in [1.807, 2.05) is 48.7 Å². The van der Waals surface area contributed by atoms with Gasteiger partial charge in [0.15, 0.2) is 5.11 Å². The number of methoxy groups -OCH3 is 1. The van der Waals surface area contributed by atoms with Gasteiger partial charge in [-0.05, 0) is 62.0 Å². The van der Waals surface area contributed by atoms with E-state index in [0.29, 0.717) is 5.11 Å². The Morgan fingerprint density at radius 2 is 1.86 bits per heavy atom. The lowest BCUT2D eigenvalue weighted by molar-refractivity contribution is 0.414. The Hall–Kier alpha value is -2.86. The first kappa shape index (κ1) is 18.5. The zero-order chi connectivity index (χ0) is 19.8. The van der Waals surface area contributed by atoms with Crippen molar-refractivity contribution in [3.63, 3.8) is 0 Å². The summed E-state index contributed by atoms with van der Waals surface area (Å²) >= 11 is 5.79. The van der Waals surface area contributed by atoms with E-state index in [0.717, 1.165) is 17.1 Å². The molecule has 0 saturated carbocycles. The maximum atomic E-state index is 5.79. The third-order valence-corrected chi connectivity index (χ3v) is 5.89. The average molecular weight is 393 g/mol. The van der Waals surface area contributed by atoms with Crippen LogP contribution in [0.3, 0.4) is 0 Å². The second-order valence-corrected chi connectivity index (χ2v) is 7.44. The molecule has 0 amide bonds. The van der Waals surface area contributed by atoms with E-state index in [2.05, 4.69) is 46.7 Å². The summed E-state index contributed by atoms with van der Waals surface area (Å²) in [5.41, 5.74) is 5.58. The zero-order valence-electron chi connectivity index (χ0n) is 16.5. The molecule has 1 aromatic carbocycles. The van der Waals surface area contributed by atoms with E-state index < -0.39 is 0 Å². The zero-order valence-corrected chi connectivity index (χ0v) is 17.3. The van der Waals surface area contributed by atoms with Crippen LogP contribution in [0.25, 0.3) is 0 Å². The number of ether oxygens (including phenoxy) is 1. The monoisotopic (exact) mass is 392 g/mol. The smallest absolute Gasteiger partial charge is 0.174 e. The van der Waals surface area contributed by atoms with Gasteiger partial charge < -0.3 is 19.5 Å². The van der Waals surface area contributed by atoms with E-state index in [1.54, 1.807) is 7.11 Å². The van der Waals surface area contributed by atoms with Crippen molar-refractivity contribution in [3.05, 3.63) is 77.4 Å². The van der Waals surface area contributed by atoms with Crippen LogP contribution in [0.2, 0.25) is 0 Å². The molecule has 6 heteroatoms. The van der Waals surface area contributed by atoms with Crippen molar-refractivity contribution in [3.8, 4) is 5.75 Å². The van der Waals surface area contributed by atoms with Crippen molar-refractivity contribution < 1.29 is 4.74 Å². The van der Waals surface area contributed by atoms with Crippen LogP contribution in [-0.2, 0) is 7.05 Å². The van der Waals surface area contributed by atoms with Crippen molar-refractivity contribution in [2.24, 2.45) is 7.05 Å². The van der Waals surface area contributed by atoms with Crippen molar-refractivity contribution in [1.29, 1.82) is 0 Å². The van der Waals surface area contributed by atoms with Crippen LogP contribution < -0.4 is 15.0 Å². The van der Waals surface area contributed by atoms with Gasteiger partial charge in [-0.1, -0.05) is 18.2 Å². The molecule has 0 radical (unpaired) electrons. The van der Waals surface area contributed by atoms with Crippen LogP contribution in [0.5, 0.6) is 5.75 Å². The highest BCUT2D eigenvalue weighted by Gasteiger charge is 2.42. The minimum Gasteiger partial charge on any atom is -0.495 e. The number of para-hydroxylation sites is 2. The molecule has 1 N–H and O–H groups in total. The molecule has 3 heterocycles. The topological polar surface area (TPSA) is 42.3 Å². The third kappa shape index (κ3) is 2.94. The Labute approximate surface area is 171 Å². The molecule has 1 aliphatic rings. The van der Waals surface area contributed by atoms with Gasteiger partial charge in [-0.15, -0.1) is 0 Å². The van der Waals surface area contributed by atoms with E-state index in [1.165, 1.54) is 17.0 Å². The van der Waals surface area contributed by atoms with E-state index in [9.17, 15) is 0 Å². The van der Waals surface area contributed by atoms with Crippen molar-refractivity contribution in [1.82, 2.24) is 14.9 Å². The number of nitrogens with one attached hydrogen (secondary N) is 1. The molecule has 1 aliphatic heterocycles. The fourth-order valence-corrected chi connectivity index (χ4v) is 4.28. The first-order chi connectivity index (χ1) is 13.5. The Balaban J connectivity index is 1.91. The molecule has 0 aliphatic carbocycles. The summed E-state index contributed by atoms with van der Waals surface area (Å²) in [6.45, 7) is 4.28. The minimum atomic E-state index is -0.0564. The minimum absolute atomic E-state index is 0.0291. The molecule has 144 valence electrons. The number of aryl methyl sites for hydroxylation is 1. The predicted octanol–water partition coefficient (Wildman–Crippen LogP) is 4.22. The molecule has 3 aromatic rings. The number of anilines is 1. The van der Waals surface area contributed by atoms with Gasteiger partial charge in [0, 0.05) is 24.6 Å². The highest BCUT2D eigenvalue weighted by molar-refractivity contribution is 7.80. The van der Waals surface area contributed by atoms with Gasteiger partial charge >= 0.3 is 0 Å². The van der Waals surface area contributed by atoms with Gasteiger partial charge in [-0.2, -0.15) is 0 Å². The highest BCUT2D eigenvalue weighted by atomic mass is 32.1. The van der Waals surface area contributed by atoms with Crippen LogP contribution >= 0.6 is 12.2 Å². The van der Waals surface area contributed by atoms with Crippen molar-refractivity contribution in [2.75, 3.05) is 12.0 Å². The number of benzene rings is 1. The van der Waals surface area contributed by atoms with E-state index >= 15 is 0 Å². The summed E-state index contributed by atoms with van der Waals surface area (Å²) < 4.78 is 7.86. The lowest BCUT2D eigenvalue weighted by atomic mass is 9.96. The molecule has 4 rings (SSSR count). The first-order valence-electron chi connectivity index (χ1n) is 9.29. The van der Waals surface area contributed by atoms with Crippen LogP contribution in [0.1, 0.15) is 34.7 Å². The second-order valence-electron chi connectivity index (χ2n) is 7.05. The van der Waals surface area contributed by atoms with Gasteiger partial charge in [-0.25, -0.2) is 0 Å². The van der Waals surface area contributed by atoms with Gasteiger partial charge in [0.2, 0.25) is 0 Å². The summed E-state index contributed by atoms with van der Waals surface area (Å²) in [4.78, 5) is 6.78. The lowest BCUT2D eigenvalue weighted by Crippen LogP contribution is -2.30. The summed E-state index contributed by atoms with van der Waals surface area (Å²) in [7, 11) is 3.78. The van der Waals surface area contributed by atoms with Gasteiger partial charge in [-0.3, -0.25) is 4.98 Å². The largest absolute Gasteiger partial charge is 0.495 e. The Morgan fingerprint density at radius 3 is 2.50 bits per heavy atom. The molecule has 0 unspecified atom stereocenters. The number of rotatable bonds is 4. The van der Waals surface area contributed by atoms with Gasteiger partial charge in [0.05, 0.1) is 30.6 Å². The van der Waals surface area contributed by atoms with E-state index in [4.69, 9.17) is 17.0 Å². The van der Waals surface area contributed by atoms with Gasteiger partial charge in [0.25, 0.3) is 0 Å². The van der Waals surface area contributed by atoms with Crippen LogP contribution in [0.4, 0.5) is 5.69 Å². The molecule has 28 heavy (non-hydrogen) atoms. The Morgan fingerprint density at radius 1 is 1.11 bits per heavy atom. The predicted molar refractivity (Wildman–Crippen MR) is 116 cm³/mol. The maximum Gasteiger partial charge on any atom is 0.174 e. The molecular weight excluding hydrogens is 368 g/mol. The molecule has 0 bridgehead atoms. The number of nitrogens with zero attached hydrogens (tertiary/aromatic N) is 3. The van der Waals surface area contributed by atoms with Crippen molar-refractivity contribution in [2.45, 2.75) is 25.9 Å². The summed E-state index contributed by atoms with van der Waals surface area (Å²) in [5.74, 6) is 0.795. The highest BCUT2D eigenvalue weighted by Crippen LogP contribution is 2.45. The maximum absolute atomic E-state index is 5.79. The van der Waals surface area contributed by atoms with Crippen LogP contribution in [-0.4, -0.2) is 21.8 Å². The molecule has 2 aromatic heterocycles. The number of aromatic nitrogens is 2. The fourth-order valence-electron chi connectivity index (χ4n) is 3.94. The molecule has 1 saturated heterocycles. The van der Waals surface area contributed by atoms with E-state index in [-0.39, 0.29) is 12.1 Å². The number of hydrogen-bond acceptors (Lipinski definition) is 3. The fraction of sp³-hybridized carbons (Fsp3) is 0.273. The Bertz CT molecular complexity index is 1010. The lowest BCUT2D eigenvalue weighted by Gasteiger charge is -2.29. The van der Waals surface area contributed by atoms with Crippen molar-refractivity contribution >= 4 is 23.0 Å². The molecular formula is C22H24N4OS. The first-order valence-corrected chi connectivity index (χ1v) is 9.70. The third-order valence-electron chi connectivity index (χ3n) is 5.58. The Kier molecular flexibility index (Phi) is 4.81. The second kappa shape index (κ2) is 7.28. The number of pyridine rings is 1. The van der Waals surface area contributed by atoms with Gasteiger partial charge in [0.1, 0.15) is 5.75 Å². The summed E-state index contributed by atoms with van der Waals surface area (Å²) in [5, 5.41) is 4.18. The average Bonchev–Trinajstić information content (AvgIpc) is 3.19. The summed E-state index contributed by atoms with van der Waals surface area (Å²) in [6, 6.07) is 16.1.